The molecular weight excluding hydrogens is 458 g/mol. The zero-order valence-corrected chi connectivity index (χ0v) is 20.6. The molecule has 0 aliphatic carbocycles. The summed E-state index contributed by atoms with van der Waals surface area (Å²) in [7, 11) is -0.715. The number of hydrogen-bond acceptors (Lipinski definition) is 6. The number of amides is 2. The number of carbonyl (C=O) groups is 2. The highest BCUT2D eigenvalue weighted by atomic mass is 32.2. The van der Waals surface area contributed by atoms with Gasteiger partial charge in [0.05, 0.1) is 19.9 Å². The fourth-order valence-electron chi connectivity index (χ4n) is 3.29. The maximum atomic E-state index is 13.4. The van der Waals surface area contributed by atoms with Gasteiger partial charge in [0.1, 0.15) is 11.8 Å². The predicted octanol–water partition coefficient (Wildman–Crippen LogP) is 1.03. The van der Waals surface area contributed by atoms with E-state index in [1.165, 1.54) is 11.9 Å². The third kappa shape index (κ3) is 8.44. The van der Waals surface area contributed by atoms with Gasteiger partial charge in [0.2, 0.25) is 21.8 Å². The minimum Gasteiger partial charge on any atom is -0.497 e. The largest absolute Gasteiger partial charge is 0.497 e. The highest BCUT2D eigenvalue weighted by molar-refractivity contribution is 7.88. The summed E-state index contributed by atoms with van der Waals surface area (Å²) in [6.45, 7) is -0.110. The quantitative estimate of drug-likeness (QED) is 0.404. The molecule has 186 valence electrons. The van der Waals surface area contributed by atoms with Gasteiger partial charge in [0.15, 0.2) is 0 Å². The maximum Gasteiger partial charge on any atom is 0.243 e. The standard InChI is InChI=1S/C24H33N3O6S/c1-26(34(3,31)32)18-23(29)27(17-20-10-12-21(33-2)13-11-20)22(24(30)25-14-7-15-28)16-19-8-5-4-6-9-19/h4-6,8-13,22,28H,7,14-18H2,1-3H3,(H,25,30)/t22-/m0/s1. The number of benzene rings is 2. The lowest BCUT2D eigenvalue weighted by atomic mass is 10.0. The van der Waals surface area contributed by atoms with E-state index < -0.39 is 28.5 Å². The van der Waals surface area contributed by atoms with Crippen LogP contribution < -0.4 is 10.1 Å². The first kappa shape index (κ1) is 27.3. The lowest BCUT2D eigenvalue weighted by Crippen LogP contribution is -2.53. The lowest BCUT2D eigenvalue weighted by Gasteiger charge is -2.32. The van der Waals surface area contributed by atoms with E-state index in [2.05, 4.69) is 5.32 Å². The molecule has 0 radical (unpaired) electrons. The molecule has 0 saturated carbocycles. The number of methoxy groups -OCH3 is 1. The zero-order valence-electron chi connectivity index (χ0n) is 19.8. The monoisotopic (exact) mass is 491 g/mol. The van der Waals surface area contributed by atoms with E-state index in [9.17, 15) is 18.0 Å². The fraction of sp³-hybridized carbons (Fsp3) is 0.417. The van der Waals surface area contributed by atoms with Crippen LogP contribution in [0.1, 0.15) is 17.5 Å². The third-order valence-electron chi connectivity index (χ3n) is 5.34. The molecule has 0 bridgehead atoms. The van der Waals surface area contributed by atoms with Gasteiger partial charge in [-0.05, 0) is 29.7 Å². The van der Waals surface area contributed by atoms with Crippen molar-refractivity contribution in [2.75, 3.05) is 40.1 Å². The molecule has 0 fully saturated rings. The van der Waals surface area contributed by atoms with Gasteiger partial charge in [0, 0.05) is 33.2 Å². The minimum absolute atomic E-state index is 0.0721. The fourth-order valence-corrected chi connectivity index (χ4v) is 3.63. The Morgan fingerprint density at radius 3 is 2.26 bits per heavy atom. The molecule has 0 heterocycles. The van der Waals surface area contributed by atoms with Crippen LogP contribution in [0.25, 0.3) is 0 Å². The molecule has 1 atom stereocenters. The molecule has 2 rings (SSSR count). The van der Waals surface area contributed by atoms with Crippen molar-refractivity contribution in [2.45, 2.75) is 25.4 Å². The van der Waals surface area contributed by atoms with E-state index in [0.717, 1.165) is 21.7 Å². The Balaban J connectivity index is 2.41. The molecule has 0 aliphatic heterocycles. The van der Waals surface area contributed by atoms with Crippen molar-refractivity contribution in [3.63, 3.8) is 0 Å². The smallest absolute Gasteiger partial charge is 0.243 e. The Labute approximate surface area is 201 Å². The molecule has 0 aromatic heterocycles. The van der Waals surface area contributed by atoms with Crippen LogP contribution in [0.2, 0.25) is 0 Å². The lowest BCUT2D eigenvalue weighted by molar-refractivity contribution is -0.141. The summed E-state index contributed by atoms with van der Waals surface area (Å²) in [5.41, 5.74) is 1.62. The van der Waals surface area contributed by atoms with Crippen molar-refractivity contribution in [3.05, 3.63) is 65.7 Å². The summed E-state index contributed by atoms with van der Waals surface area (Å²) in [6.07, 6.45) is 1.65. The second kappa shape index (κ2) is 13.1. The van der Waals surface area contributed by atoms with Crippen LogP contribution in [-0.2, 0) is 32.6 Å². The summed E-state index contributed by atoms with van der Waals surface area (Å²) in [6, 6.07) is 15.5. The van der Waals surface area contributed by atoms with Crippen LogP contribution in [0.5, 0.6) is 5.75 Å². The summed E-state index contributed by atoms with van der Waals surface area (Å²) < 4.78 is 30.0. The number of likely N-dealkylation sites (N-methyl/N-ethyl adjacent to an activating group) is 1. The molecular formula is C24H33N3O6S. The van der Waals surface area contributed by atoms with Gasteiger partial charge in [-0.15, -0.1) is 0 Å². The number of rotatable bonds is 13. The number of ether oxygens (including phenoxy) is 1. The number of sulfonamides is 1. The van der Waals surface area contributed by atoms with Gasteiger partial charge in [-0.1, -0.05) is 42.5 Å². The van der Waals surface area contributed by atoms with Gasteiger partial charge in [-0.2, -0.15) is 4.31 Å². The van der Waals surface area contributed by atoms with Crippen LogP contribution in [0, 0.1) is 0 Å². The molecule has 34 heavy (non-hydrogen) atoms. The highest BCUT2D eigenvalue weighted by Gasteiger charge is 2.31. The average molecular weight is 492 g/mol. The zero-order chi connectivity index (χ0) is 25.1. The molecule has 10 heteroatoms. The predicted molar refractivity (Wildman–Crippen MR) is 130 cm³/mol. The molecule has 2 N–H and O–H groups in total. The Morgan fingerprint density at radius 1 is 1.06 bits per heavy atom. The number of hydrogen-bond donors (Lipinski definition) is 2. The summed E-state index contributed by atoms with van der Waals surface area (Å²) >= 11 is 0. The van der Waals surface area contributed by atoms with Crippen molar-refractivity contribution in [2.24, 2.45) is 0 Å². The van der Waals surface area contributed by atoms with Gasteiger partial charge in [0.25, 0.3) is 0 Å². The molecule has 2 aromatic rings. The number of aliphatic hydroxyl groups is 1. The van der Waals surface area contributed by atoms with Gasteiger partial charge in [-0.25, -0.2) is 8.42 Å². The number of nitrogens with one attached hydrogen (secondary N) is 1. The van der Waals surface area contributed by atoms with Crippen molar-refractivity contribution in [3.8, 4) is 5.75 Å². The number of aliphatic hydroxyl groups excluding tert-OH is 1. The van der Waals surface area contributed by atoms with Gasteiger partial charge in [-0.3, -0.25) is 9.59 Å². The van der Waals surface area contributed by atoms with Gasteiger partial charge < -0.3 is 20.1 Å². The van der Waals surface area contributed by atoms with Crippen molar-refractivity contribution in [1.29, 1.82) is 0 Å². The first-order chi connectivity index (χ1) is 16.2. The number of nitrogens with zero attached hydrogens (tertiary/aromatic N) is 2. The summed E-state index contributed by atoms with van der Waals surface area (Å²) in [5.74, 6) is -0.218. The van der Waals surface area contributed by atoms with Crippen LogP contribution in [-0.4, -0.2) is 80.7 Å². The van der Waals surface area contributed by atoms with Crippen LogP contribution in [0.4, 0.5) is 0 Å². The van der Waals surface area contributed by atoms with Crippen molar-refractivity contribution < 1.29 is 27.9 Å². The Hall–Kier alpha value is -2.95. The Kier molecular flexibility index (Phi) is 10.5. The Bertz CT molecular complexity index is 1030. The average Bonchev–Trinajstić information content (AvgIpc) is 2.81. The van der Waals surface area contributed by atoms with E-state index in [1.54, 1.807) is 31.4 Å². The molecule has 0 spiro atoms. The first-order valence-electron chi connectivity index (χ1n) is 10.9. The summed E-state index contributed by atoms with van der Waals surface area (Å²) in [4.78, 5) is 28.0. The molecule has 2 aromatic carbocycles. The Morgan fingerprint density at radius 2 is 1.71 bits per heavy atom. The molecule has 0 saturated heterocycles. The SMILES string of the molecule is COc1ccc(CN(C(=O)CN(C)S(C)(=O)=O)[C@@H](Cc2ccccc2)C(=O)NCCCO)cc1. The van der Waals surface area contributed by atoms with Crippen LogP contribution in [0.3, 0.4) is 0 Å². The molecule has 2 amide bonds. The van der Waals surface area contributed by atoms with Crippen LogP contribution in [0.15, 0.2) is 54.6 Å². The van der Waals surface area contributed by atoms with E-state index in [0.29, 0.717) is 12.2 Å². The van der Waals surface area contributed by atoms with Crippen molar-refractivity contribution >= 4 is 21.8 Å². The normalized spacial score (nSPS) is 12.3. The molecule has 9 nitrogen and oxygen atoms in total. The highest BCUT2D eigenvalue weighted by Crippen LogP contribution is 2.18. The minimum atomic E-state index is -3.59. The second-order valence-corrected chi connectivity index (χ2v) is 10.1. The van der Waals surface area contributed by atoms with E-state index in [4.69, 9.17) is 9.84 Å². The first-order valence-corrected chi connectivity index (χ1v) is 12.8. The van der Waals surface area contributed by atoms with E-state index in [-0.39, 0.29) is 32.0 Å². The van der Waals surface area contributed by atoms with E-state index in [1.807, 2.05) is 30.3 Å². The maximum absolute atomic E-state index is 13.4. The van der Waals surface area contributed by atoms with E-state index >= 15 is 0 Å². The number of carbonyl (C=O) groups excluding carboxylic acids is 2. The van der Waals surface area contributed by atoms with Gasteiger partial charge >= 0.3 is 0 Å². The topological polar surface area (TPSA) is 116 Å². The third-order valence-corrected chi connectivity index (χ3v) is 6.60. The molecule has 0 unspecified atom stereocenters. The molecule has 0 aliphatic rings. The second-order valence-electron chi connectivity index (χ2n) is 7.96. The van der Waals surface area contributed by atoms with Crippen LogP contribution >= 0.6 is 0 Å². The van der Waals surface area contributed by atoms with Crippen molar-refractivity contribution in [1.82, 2.24) is 14.5 Å². The summed E-state index contributed by atoms with van der Waals surface area (Å²) in [5, 5.41) is 11.9.